The van der Waals surface area contributed by atoms with Crippen molar-refractivity contribution in [3.8, 4) is 0 Å². The summed E-state index contributed by atoms with van der Waals surface area (Å²) in [6.07, 6.45) is 3.38. The number of pyridine rings is 1. The molecule has 3 heterocycles. The van der Waals surface area contributed by atoms with E-state index in [4.69, 9.17) is 0 Å². The fourth-order valence-electron chi connectivity index (χ4n) is 2.40. The highest BCUT2D eigenvalue weighted by atomic mass is 15.3. The molecule has 18 heavy (non-hydrogen) atoms. The van der Waals surface area contributed by atoms with Crippen LogP contribution in [0.4, 0.5) is 5.82 Å². The van der Waals surface area contributed by atoms with Crippen molar-refractivity contribution in [3.63, 3.8) is 0 Å². The predicted molar refractivity (Wildman–Crippen MR) is 71.6 cm³/mol. The molecule has 5 nitrogen and oxygen atoms in total. The Balaban J connectivity index is 2.03. The predicted octanol–water partition coefficient (Wildman–Crippen LogP) is 1.21. The Morgan fingerprint density at radius 3 is 2.89 bits per heavy atom. The molecule has 0 bridgehead atoms. The Hall–Kier alpha value is -1.75. The monoisotopic (exact) mass is 243 g/mol. The largest absolute Gasteiger partial charge is 0.349 e. The van der Waals surface area contributed by atoms with Gasteiger partial charge in [0.05, 0.1) is 0 Å². The Morgan fingerprint density at radius 1 is 1.22 bits per heavy atom. The molecule has 0 amide bonds. The number of rotatable bonds is 1. The van der Waals surface area contributed by atoms with E-state index in [1.807, 2.05) is 12.1 Å². The molecule has 0 atom stereocenters. The van der Waals surface area contributed by atoms with Gasteiger partial charge < -0.3 is 10.2 Å². The van der Waals surface area contributed by atoms with Crippen LogP contribution in [0, 0.1) is 0 Å². The lowest BCUT2D eigenvalue weighted by atomic mass is 10.0. The van der Waals surface area contributed by atoms with Gasteiger partial charge in [0.1, 0.15) is 11.3 Å². The van der Waals surface area contributed by atoms with Crippen LogP contribution in [-0.2, 0) is 0 Å². The summed E-state index contributed by atoms with van der Waals surface area (Å²) in [6, 6.07) is 4.02. The number of hydrogen-bond acceptors (Lipinski definition) is 5. The van der Waals surface area contributed by atoms with Crippen molar-refractivity contribution in [2.75, 3.05) is 24.5 Å². The first-order valence-corrected chi connectivity index (χ1v) is 6.23. The van der Waals surface area contributed by atoms with Gasteiger partial charge in [-0.05, 0) is 26.0 Å². The zero-order valence-electron chi connectivity index (χ0n) is 10.7. The van der Waals surface area contributed by atoms with Gasteiger partial charge in [0.15, 0.2) is 5.65 Å². The first-order valence-electron chi connectivity index (χ1n) is 6.23. The first kappa shape index (κ1) is 11.3. The average molecular weight is 243 g/mol. The van der Waals surface area contributed by atoms with Gasteiger partial charge in [0.2, 0.25) is 0 Å². The number of nitrogens with one attached hydrogen (secondary N) is 1. The maximum atomic E-state index is 4.62. The number of fused-ring (bicyclic) bond motifs is 1. The summed E-state index contributed by atoms with van der Waals surface area (Å²) in [6.45, 7) is 7.37. The third kappa shape index (κ3) is 1.90. The molecule has 0 aliphatic carbocycles. The number of piperazine rings is 1. The van der Waals surface area contributed by atoms with Crippen molar-refractivity contribution in [3.05, 3.63) is 24.5 Å². The standard InChI is InChI=1S/C13H17N5/c1-13(2)9-14-7-8-18(13)11-4-3-10-12(17-11)16-6-5-15-10/h3-6,14H,7-9H2,1-2H3. The third-order valence-corrected chi connectivity index (χ3v) is 3.39. The van der Waals surface area contributed by atoms with E-state index in [1.54, 1.807) is 12.4 Å². The van der Waals surface area contributed by atoms with E-state index >= 15 is 0 Å². The highest BCUT2D eigenvalue weighted by Crippen LogP contribution is 2.24. The highest BCUT2D eigenvalue weighted by molar-refractivity contribution is 5.71. The van der Waals surface area contributed by atoms with Crippen LogP contribution in [0.25, 0.3) is 11.2 Å². The van der Waals surface area contributed by atoms with Crippen LogP contribution < -0.4 is 10.2 Å². The maximum Gasteiger partial charge on any atom is 0.180 e. The Morgan fingerprint density at radius 2 is 2.06 bits per heavy atom. The van der Waals surface area contributed by atoms with Crippen molar-refractivity contribution in [2.24, 2.45) is 0 Å². The normalized spacial score (nSPS) is 19.1. The molecule has 0 aromatic carbocycles. The lowest BCUT2D eigenvalue weighted by Crippen LogP contribution is -2.58. The smallest absolute Gasteiger partial charge is 0.180 e. The van der Waals surface area contributed by atoms with Crippen LogP contribution in [-0.4, -0.2) is 40.1 Å². The van der Waals surface area contributed by atoms with Crippen LogP contribution >= 0.6 is 0 Å². The second kappa shape index (κ2) is 4.17. The topological polar surface area (TPSA) is 53.9 Å². The summed E-state index contributed by atoms with van der Waals surface area (Å²) in [4.78, 5) is 15.5. The number of aromatic nitrogens is 3. The SMILES string of the molecule is CC1(C)CNCCN1c1ccc2nccnc2n1. The molecule has 1 aliphatic heterocycles. The highest BCUT2D eigenvalue weighted by Gasteiger charge is 2.30. The number of anilines is 1. The van der Waals surface area contributed by atoms with E-state index < -0.39 is 0 Å². The molecule has 2 aromatic heterocycles. The fourth-order valence-corrected chi connectivity index (χ4v) is 2.40. The van der Waals surface area contributed by atoms with Crippen molar-refractivity contribution in [1.29, 1.82) is 0 Å². The van der Waals surface area contributed by atoms with Gasteiger partial charge >= 0.3 is 0 Å². The van der Waals surface area contributed by atoms with Crippen molar-refractivity contribution in [1.82, 2.24) is 20.3 Å². The molecule has 1 fully saturated rings. The quantitative estimate of drug-likeness (QED) is 0.816. The summed E-state index contributed by atoms with van der Waals surface area (Å²) >= 11 is 0. The maximum absolute atomic E-state index is 4.62. The van der Waals surface area contributed by atoms with Gasteiger partial charge in [-0.1, -0.05) is 0 Å². The summed E-state index contributed by atoms with van der Waals surface area (Å²) in [5.74, 6) is 0.981. The molecule has 1 N–H and O–H groups in total. The van der Waals surface area contributed by atoms with Gasteiger partial charge in [-0.15, -0.1) is 0 Å². The molecule has 5 heteroatoms. The fraction of sp³-hybridized carbons (Fsp3) is 0.462. The molecule has 0 saturated carbocycles. The molecule has 2 aromatic rings. The minimum absolute atomic E-state index is 0.0706. The zero-order chi connectivity index (χ0) is 12.6. The molecule has 3 rings (SSSR count). The third-order valence-electron chi connectivity index (χ3n) is 3.39. The summed E-state index contributed by atoms with van der Waals surface area (Å²) < 4.78 is 0. The molecule has 0 radical (unpaired) electrons. The average Bonchev–Trinajstić information content (AvgIpc) is 2.38. The molecule has 0 unspecified atom stereocenters. The van der Waals surface area contributed by atoms with Crippen LogP contribution in [0.1, 0.15) is 13.8 Å². The first-order chi connectivity index (χ1) is 8.67. The lowest BCUT2D eigenvalue weighted by molar-refractivity contribution is 0.378. The van der Waals surface area contributed by atoms with Crippen molar-refractivity contribution >= 4 is 17.0 Å². The van der Waals surface area contributed by atoms with E-state index in [-0.39, 0.29) is 5.54 Å². The molecular weight excluding hydrogens is 226 g/mol. The van der Waals surface area contributed by atoms with Gasteiger partial charge in [0, 0.05) is 37.6 Å². The Labute approximate surface area is 106 Å². The molecule has 1 aliphatic rings. The Kier molecular flexibility index (Phi) is 2.63. The minimum atomic E-state index is 0.0706. The second-order valence-electron chi connectivity index (χ2n) is 5.21. The van der Waals surface area contributed by atoms with Gasteiger partial charge in [-0.25, -0.2) is 9.97 Å². The van der Waals surface area contributed by atoms with Crippen LogP contribution in [0.15, 0.2) is 24.5 Å². The lowest BCUT2D eigenvalue weighted by Gasteiger charge is -2.43. The summed E-state index contributed by atoms with van der Waals surface area (Å²) in [5.41, 5.74) is 1.62. The van der Waals surface area contributed by atoms with E-state index in [2.05, 4.69) is 39.0 Å². The van der Waals surface area contributed by atoms with Gasteiger partial charge in [-0.3, -0.25) is 4.98 Å². The molecule has 0 spiro atoms. The van der Waals surface area contributed by atoms with Gasteiger partial charge in [0.25, 0.3) is 0 Å². The summed E-state index contributed by atoms with van der Waals surface area (Å²) in [7, 11) is 0. The van der Waals surface area contributed by atoms with Crippen LogP contribution in [0.2, 0.25) is 0 Å². The van der Waals surface area contributed by atoms with Crippen molar-refractivity contribution in [2.45, 2.75) is 19.4 Å². The molecule has 94 valence electrons. The minimum Gasteiger partial charge on any atom is -0.349 e. The molecular formula is C13H17N5. The Bertz CT molecular complexity index is 566. The second-order valence-corrected chi connectivity index (χ2v) is 5.21. The van der Waals surface area contributed by atoms with E-state index in [1.165, 1.54) is 0 Å². The van der Waals surface area contributed by atoms with E-state index in [0.29, 0.717) is 5.65 Å². The van der Waals surface area contributed by atoms with Crippen molar-refractivity contribution < 1.29 is 0 Å². The molecule has 1 saturated heterocycles. The van der Waals surface area contributed by atoms with E-state index in [0.717, 1.165) is 31.0 Å². The van der Waals surface area contributed by atoms with E-state index in [9.17, 15) is 0 Å². The zero-order valence-corrected chi connectivity index (χ0v) is 10.7. The summed E-state index contributed by atoms with van der Waals surface area (Å²) in [5, 5.41) is 3.41. The number of hydrogen-bond donors (Lipinski definition) is 1. The van der Waals surface area contributed by atoms with Gasteiger partial charge in [-0.2, -0.15) is 0 Å². The van der Waals surface area contributed by atoms with Crippen LogP contribution in [0.5, 0.6) is 0 Å². The number of nitrogens with zero attached hydrogens (tertiary/aromatic N) is 4. The van der Waals surface area contributed by atoms with Crippen LogP contribution in [0.3, 0.4) is 0 Å².